The fraction of sp³-hybridized carbons (Fsp3) is 0.667. The zero-order valence-corrected chi connectivity index (χ0v) is 10.2. The lowest BCUT2D eigenvalue weighted by Crippen LogP contribution is -2.45. The molecule has 5 heteroatoms. The summed E-state index contributed by atoms with van der Waals surface area (Å²) in [5.41, 5.74) is -0.504. The first kappa shape index (κ1) is 13.4. The summed E-state index contributed by atoms with van der Waals surface area (Å²) >= 11 is 0. The fourth-order valence-corrected chi connectivity index (χ4v) is 1.49. The van der Waals surface area contributed by atoms with E-state index in [-0.39, 0.29) is 12.0 Å². The molecule has 0 spiro atoms. The summed E-state index contributed by atoms with van der Waals surface area (Å²) in [4.78, 5) is 21.6. The van der Waals surface area contributed by atoms with E-state index in [0.29, 0.717) is 12.8 Å². The van der Waals surface area contributed by atoms with Gasteiger partial charge in [0.05, 0.1) is 0 Å². The molecule has 0 saturated heterocycles. The van der Waals surface area contributed by atoms with Gasteiger partial charge in [0.25, 0.3) is 0 Å². The molecule has 1 aliphatic rings. The van der Waals surface area contributed by atoms with E-state index in [1.54, 1.807) is 20.8 Å². The highest BCUT2D eigenvalue weighted by Gasteiger charge is 2.30. The van der Waals surface area contributed by atoms with Crippen LogP contribution in [-0.4, -0.2) is 28.8 Å². The molecule has 1 saturated carbocycles. The van der Waals surface area contributed by atoms with E-state index in [0.717, 1.165) is 0 Å². The van der Waals surface area contributed by atoms with Gasteiger partial charge in [-0.15, -0.1) is 0 Å². The highest BCUT2D eigenvalue weighted by Crippen LogP contribution is 2.26. The molecule has 5 nitrogen and oxygen atoms in total. The van der Waals surface area contributed by atoms with Crippen LogP contribution in [0.2, 0.25) is 0 Å². The molecule has 0 unspecified atom stereocenters. The Bertz CT molecular complexity index is 366. The number of hydrogen-bond acceptors (Lipinski definition) is 3. The summed E-state index contributed by atoms with van der Waals surface area (Å²) in [5.74, 6) is 3.65. The smallest absolute Gasteiger partial charge is 0.407 e. The zero-order valence-electron chi connectivity index (χ0n) is 10.2. The maximum Gasteiger partial charge on any atom is 0.407 e. The first-order valence-electron chi connectivity index (χ1n) is 5.50. The van der Waals surface area contributed by atoms with Crippen molar-refractivity contribution >= 4 is 12.1 Å². The molecule has 1 amide bonds. The van der Waals surface area contributed by atoms with Crippen molar-refractivity contribution in [3.63, 3.8) is 0 Å². The molecule has 0 aromatic rings. The highest BCUT2D eigenvalue weighted by molar-refractivity contribution is 5.86. The van der Waals surface area contributed by atoms with Gasteiger partial charge in [0.1, 0.15) is 5.60 Å². The lowest BCUT2D eigenvalue weighted by Gasteiger charge is -2.33. The number of amides is 1. The number of aliphatic carboxylic acids is 1. The van der Waals surface area contributed by atoms with Gasteiger partial charge in [0.15, 0.2) is 0 Å². The third kappa shape index (κ3) is 5.25. The number of carbonyl (C=O) groups excluding carboxylic acids is 1. The Morgan fingerprint density at radius 3 is 2.41 bits per heavy atom. The molecule has 0 aliphatic heterocycles. The van der Waals surface area contributed by atoms with Gasteiger partial charge in [-0.25, -0.2) is 9.59 Å². The van der Waals surface area contributed by atoms with Crippen LogP contribution >= 0.6 is 0 Å². The van der Waals surface area contributed by atoms with Crippen LogP contribution in [-0.2, 0) is 9.53 Å². The standard InChI is InChI=1S/C12H17NO4/c1-12(2,3)17-11(16)13-9-6-8(7-9)4-5-10(14)15/h8-9H,6-7H2,1-3H3,(H,13,16)(H,14,15). The number of carboxylic acid groups (broad SMARTS) is 1. The van der Waals surface area contributed by atoms with Crippen molar-refractivity contribution < 1.29 is 19.4 Å². The average molecular weight is 239 g/mol. The number of hydrogen-bond donors (Lipinski definition) is 2. The van der Waals surface area contributed by atoms with E-state index < -0.39 is 17.7 Å². The molecule has 1 aliphatic carbocycles. The summed E-state index contributed by atoms with van der Waals surface area (Å²) < 4.78 is 5.10. The van der Waals surface area contributed by atoms with Crippen LogP contribution in [0.3, 0.4) is 0 Å². The number of carbonyl (C=O) groups is 2. The van der Waals surface area contributed by atoms with Gasteiger partial charge in [-0.2, -0.15) is 0 Å². The second kappa shape index (κ2) is 5.09. The van der Waals surface area contributed by atoms with Crippen molar-refractivity contribution in [1.29, 1.82) is 0 Å². The Balaban J connectivity index is 2.24. The summed E-state index contributed by atoms with van der Waals surface area (Å²) in [5, 5.41) is 11.1. The fourth-order valence-electron chi connectivity index (χ4n) is 1.49. The van der Waals surface area contributed by atoms with Crippen molar-refractivity contribution in [3.8, 4) is 11.8 Å². The lowest BCUT2D eigenvalue weighted by molar-refractivity contribution is -0.130. The number of ether oxygens (including phenoxy) is 1. The van der Waals surface area contributed by atoms with Crippen molar-refractivity contribution in [2.75, 3.05) is 0 Å². The largest absolute Gasteiger partial charge is 0.472 e. The van der Waals surface area contributed by atoms with Crippen LogP contribution < -0.4 is 5.32 Å². The first-order chi connectivity index (χ1) is 7.76. The Labute approximate surface area is 101 Å². The van der Waals surface area contributed by atoms with Crippen LogP contribution in [0.4, 0.5) is 4.79 Å². The molecule has 0 aromatic heterocycles. The van der Waals surface area contributed by atoms with Crippen molar-refractivity contribution in [2.45, 2.75) is 45.3 Å². The minimum atomic E-state index is -1.12. The van der Waals surface area contributed by atoms with E-state index >= 15 is 0 Å². The maximum atomic E-state index is 11.4. The van der Waals surface area contributed by atoms with Crippen molar-refractivity contribution in [3.05, 3.63) is 0 Å². The quantitative estimate of drug-likeness (QED) is 0.678. The van der Waals surface area contributed by atoms with E-state index in [2.05, 4.69) is 17.2 Å². The number of rotatable bonds is 1. The van der Waals surface area contributed by atoms with Crippen LogP contribution in [0.5, 0.6) is 0 Å². The molecule has 1 rings (SSSR count). The first-order valence-corrected chi connectivity index (χ1v) is 5.50. The summed E-state index contributed by atoms with van der Waals surface area (Å²) in [6.45, 7) is 5.40. The van der Waals surface area contributed by atoms with E-state index in [1.165, 1.54) is 0 Å². The van der Waals surface area contributed by atoms with Gasteiger partial charge in [-0.05, 0) is 33.6 Å². The van der Waals surface area contributed by atoms with Crippen LogP contribution in [0.15, 0.2) is 0 Å². The van der Waals surface area contributed by atoms with Crippen LogP contribution in [0.1, 0.15) is 33.6 Å². The Morgan fingerprint density at radius 2 is 1.94 bits per heavy atom. The lowest BCUT2D eigenvalue weighted by atomic mass is 9.81. The van der Waals surface area contributed by atoms with E-state index in [4.69, 9.17) is 9.84 Å². The topological polar surface area (TPSA) is 75.6 Å². The maximum absolute atomic E-state index is 11.4. The Kier molecular flexibility index (Phi) is 4.00. The molecule has 17 heavy (non-hydrogen) atoms. The Morgan fingerprint density at radius 1 is 1.35 bits per heavy atom. The monoisotopic (exact) mass is 239 g/mol. The number of alkyl carbamates (subject to hydrolysis) is 1. The molecule has 1 fully saturated rings. The van der Waals surface area contributed by atoms with E-state index in [1.807, 2.05) is 0 Å². The molecule has 0 aromatic carbocycles. The highest BCUT2D eigenvalue weighted by atomic mass is 16.6. The van der Waals surface area contributed by atoms with E-state index in [9.17, 15) is 9.59 Å². The van der Waals surface area contributed by atoms with Crippen molar-refractivity contribution in [2.24, 2.45) is 5.92 Å². The van der Waals surface area contributed by atoms with Gasteiger partial charge in [-0.1, -0.05) is 5.92 Å². The van der Waals surface area contributed by atoms with Gasteiger partial charge < -0.3 is 15.2 Å². The predicted molar refractivity (Wildman–Crippen MR) is 61.3 cm³/mol. The second-order valence-electron chi connectivity index (χ2n) is 5.09. The molecular formula is C12H17NO4. The van der Waals surface area contributed by atoms with Gasteiger partial charge in [0.2, 0.25) is 0 Å². The molecule has 94 valence electrons. The number of nitrogens with one attached hydrogen (secondary N) is 1. The SMILES string of the molecule is CC(C)(C)OC(=O)NC1CC(C#CC(=O)O)C1. The van der Waals surface area contributed by atoms with Gasteiger partial charge >= 0.3 is 12.1 Å². The van der Waals surface area contributed by atoms with Crippen molar-refractivity contribution in [1.82, 2.24) is 5.32 Å². The average Bonchev–Trinajstić information content (AvgIpc) is 2.04. The molecular weight excluding hydrogens is 222 g/mol. The minimum Gasteiger partial charge on any atom is -0.472 e. The number of carboxylic acids is 1. The summed E-state index contributed by atoms with van der Waals surface area (Å²) in [6.07, 6.45) is 0.922. The van der Waals surface area contributed by atoms with Gasteiger partial charge in [0, 0.05) is 17.9 Å². The van der Waals surface area contributed by atoms with Crippen LogP contribution in [0, 0.1) is 17.8 Å². The second-order valence-corrected chi connectivity index (χ2v) is 5.09. The normalized spacial score (nSPS) is 22.8. The zero-order chi connectivity index (χ0) is 13.1. The Hall–Kier alpha value is -1.70. The van der Waals surface area contributed by atoms with Crippen LogP contribution in [0.25, 0.3) is 0 Å². The third-order valence-corrected chi connectivity index (χ3v) is 2.24. The molecule has 0 atom stereocenters. The summed E-state index contributed by atoms with van der Waals surface area (Å²) in [7, 11) is 0. The van der Waals surface area contributed by atoms with Gasteiger partial charge in [-0.3, -0.25) is 0 Å². The molecule has 0 radical (unpaired) electrons. The predicted octanol–water partition coefficient (Wildman–Crippen LogP) is 1.38. The summed E-state index contributed by atoms with van der Waals surface area (Å²) in [6, 6.07) is 0.0398. The molecule has 2 N–H and O–H groups in total. The third-order valence-electron chi connectivity index (χ3n) is 2.24. The minimum absolute atomic E-state index is 0.0398. The molecule has 0 heterocycles. The molecule has 0 bridgehead atoms.